The van der Waals surface area contributed by atoms with E-state index in [-0.39, 0.29) is 78.9 Å². The molecule has 17 aromatic rings. The maximum atomic E-state index is 13.8. The lowest BCUT2D eigenvalue weighted by Crippen LogP contribution is -2.27. The van der Waals surface area contributed by atoms with Crippen molar-refractivity contribution in [2.75, 3.05) is 13.7 Å². The largest absolute Gasteiger partial charge is 0.490 e. The summed E-state index contributed by atoms with van der Waals surface area (Å²) in [6.07, 6.45) is 19.3. The molecule has 2 fully saturated rings. The second-order valence-electron chi connectivity index (χ2n) is 38.2. The van der Waals surface area contributed by atoms with Crippen LogP contribution in [0, 0.1) is 47.7 Å². The zero-order valence-electron chi connectivity index (χ0n) is 83.8. The molecule has 8 aromatic carbocycles. The smallest absolute Gasteiger partial charge is 0.254 e. The Labute approximate surface area is 848 Å². The van der Waals surface area contributed by atoms with Gasteiger partial charge in [-0.2, -0.15) is 0 Å². The number of fused-ring (bicyclic) bond motifs is 4. The average Bonchev–Trinajstić information content (AvgIpc) is 1.60. The number of oxime groups is 1. The van der Waals surface area contributed by atoms with Gasteiger partial charge in [-0.15, -0.1) is 10.2 Å². The molecule has 0 saturated heterocycles. The van der Waals surface area contributed by atoms with Crippen LogP contribution in [0.4, 0.5) is 26.3 Å². The fraction of sp³-hybridized carbons (Fsp3) is 0.282. The molecule has 30 heteroatoms. The number of hydrogen-bond acceptors (Lipinski definition) is 15. The van der Waals surface area contributed by atoms with Crippen LogP contribution in [0.3, 0.4) is 0 Å². The summed E-state index contributed by atoms with van der Waals surface area (Å²) < 4.78 is 102. The Hall–Kier alpha value is -16.1. The molecule has 5 amide bonds. The number of pyridine rings is 4. The van der Waals surface area contributed by atoms with Gasteiger partial charge in [-0.3, -0.25) is 43.9 Å². The van der Waals surface area contributed by atoms with Gasteiger partial charge in [-0.05, 0) is 217 Å². The molecule has 9 aromatic heterocycles. The molecule has 2 aliphatic rings. The summed E-state index contributed by atoms with van der Waals surface area (Å²) in [5, 5.41) is 30.1. The van der Waals surface area contributed by atoms with Crippen molar-refractivity contribution in [3.05, 3.63) is 397 Å². The highest BCUT2D eigenvalue weighted by Crippen LogP contribution is 2.44. The molecule has 0 bridgehead atoms. The Bertz CT molecular complexity index is 7560. The maximum absolute atomic E-state index is 13.8. The molecule has 0 spiro atoms. The Kier molecular flexibility index (Phi) is 33.9. The van der Waals surface area contributed by atoms with Crippen LogP contribution in [0.25, 0.3) is 55.1 Å². The minimum Gasteiger partial charge on any atom is -0.490 e. The molecule has 0 radical (unpaired) electrons. The van der Waals surface area contributed by atoms with Gasteiger partial charge < -0.3 is 58.8 Å². The number of nitrogens with zero attached hydrogens (tertiary/aromatic N) is 11. The first-order chi connectivity index (χ1) is 71.1. The van der Waals surface area contributed by atoms with E-state index in [1.807, 2.05) is 172 Å². The molecular weight excluding hydrogens is 1870 g/mol. The third-order valence-corrected chi connectivity index (χ3v) is 26.1. The van der Waals surface area contributed by atoms with Gasteiger partial charge in [0, 0.05) is 145 Å². The van der Waals surface area contributed by atoms with Gasteiger partial charge >= 0.3 is 0 Å². The number of carbonyl (C=O) groups is 5. The van der Waals surface area contributed by atoms with E-state index in [0.29, 0.717) is 101 Å². The third kappa shape index (κ3) is 25.1. The fourth-order valence-electron chi connectivity index (χ4n) is 19.3. The first-order valence-corrected chi connectivity index (χ1v) is 49.7. The molecule has 5 N–H and O–H groups in total. The minimum absolute atomic E-state index is 0.0339. The third-order valence-electron chi connectivity index (χ3n) is 26.1. The summed E-state index contributed by atoms with van der Waals surface area (Å²) in [6, 6.07) is 65.3. The van der Waals surface area contributed by atoms with Crippen LogP contribution in [0.1, 0.15) is 261 Å². The molecule has 9 heterocycles. The van der Waals surface area contributed by atoms with Crippen molar-refractivity contribution in [1.29, 1.82) is 0 Å². The van der Waals surface area contributed by atoms with E-state index in [9.17, 15) is 50.3 Å². The number of halogens is 6. The van der Waals surface area contributed by atoms with Crippen LogP contribution in [-0.4, -0.2) is 104 Å². The Morgan fingerprint density at radius 1 is 0.415 bits per heavy atom. The number of amides is 5. The zero-order chi connectivity index (χ0) is 103. The van der Waals surface area contributed by atoms with Gasteiger partial charge in [-0.1, -0.05) is 170 Å². The number of aryl methyl sites for hydroxylation is 1. The first-order valence-electron chi connectivity index (χ1n) is 49.7. The highest BCUT2D eigenvalue weighted by atomic mass is 19.2. The van der Waals surface area contributed by atoms with Gasteiger partial charge in [0.15, 0.2) is 34.9 Å². The second kappa shape index (κ2) is 48.0. The van der Waals surface area contributed by atoms with Crippen LogP contribution < -0.4 is 31.3 Å². The predicted molar refractivity (Wildman–Crippen MR) is 557 cm³/mol. The lowest BCUT2D eigenvalue weighted by atomic mass is 9.97. The Balaban J connectivity index is 0.000000140. The van der Waals surface area contributed by atoms with Gasteiger partial charge in [0.1, 0.15) is 12.9 Å². The number of carbonyl (C=O) groups excluding carboxylic acids is 5. The van der Waals surface area contributed by atoms with E-state index >= 15 is 0 Å². The molecule has 0 unspecified atom stereocenters. The van der Waals surface area contributed by atoms with Crippen molar-refractivity contribution in [2.24, 2.45) is 11.1 Å². The molecular formula is C117H118F6N16O8. The zero-order valence-corrected chi connectivity index (χ0v) is 83.8. The summed E-state index contributed by atoms with van der Waals surface area (Å²) >= 11 is 0. The monoisotopic (exact) mass is 1990 g/mol. The minimum atomic E-state index is -0.963. The Morgan fingerprint density at radius 2 is 0.857 bits per heavy atom. The van der Waals surface area contributed by atoms with Gasteiger partial charge in [0.05, 0.1) is 93.4 Å². The SMILES string of the molecule is CC(C)CNC(=O)c1ccc2c(C(=O)NCc3ccc(F)c(F)c3)c(C(C)C)n(Cc3ccccn3)c2c1.CC(C)c1c(C(=O)NCc2ccc(F)c(F)c2)c2ccc(OC3CCCC3)cc2n1Cc1ccccn1.CO/N=C/c1ccc2c(C(=O)NCc3cccnc3)c(C(C)C)n(Cc3ccccc3)c2c1.Cc1nnc(-c2ccc3c(C(=O)NCc4ccc(F)c(F)c4)c(C4CCCC4)n(Cc4ccccn4)c3c2)o1. The van der Waals surface area contributed by atoms with E-state index in [2.05, 4.69) is 121 Å². The standard InChI is InChI=1S/C30H27F2N5O2.C30H32F2N4O2.C30H31F2N3O2.C27H28N4O2/c1-18-35-36-30(39-18)21-10-11-23-26(15-21)37(17-22-8-4-5-13-33-22)28(20-6-2-3-7-20)27(23)29(38)34-16-19-9-12-24(31)25(32)14-19;1-18(2)15-34-29(37)21-9-10-23-26(14-21)36(17-22-7-5-6-12-33-22)28(19(3)4)27(23)30(38)35-16-20-8-11-24(31)25(32)13-20;1-19(2)29-28(30(36)34-17-20-10-13-25(31)26(32)15-20)24-12-11-23(37-22-8-3-4-9-22)16-27(24)35(29)18-21-7-5-6-14-33-21;1-19(2)26-25(27(32)29-16-22-10-7-13-28-15-22)23-12-11-21(17-30-33-3)14-24(23)31(26)18-20-8-5-4-6-9-20/h4-5,8-15,20H,2-3,6-7,16-17H2,1H3,(H,34,38);5-14,18-19H,15-17H2,1-4H3,(H,34,37)(H,35,38);5-7,10-16,19,22H,3-4,8-9,17-18H2,1-2H3,(H,34,36);4-15,17,19H,16,18H2,1-3H3,(H,29,32)/b;;;30-17+. The Morgan fingerprint density at radius 3 is 1.33 bits per heavy atom. The predicted octanol–water partition coefficient (Wildman–Crippen LogP) is 24.0. The van der Waals surface area contributed by atoms with E-state index in [0.717, 1.165) is 181 Å². The first kappa shape index (κ1) is 104. The summed E-state index contributed by atoms with van der Waals surface area (Å²) in [6.45, 7) is 21.5. The number of aromatic nitrogens is 10. The van der Waals surface area contributed by atoms with Crippen molar-refractivity contribution in [3.8, 4) is 17.2 Å². The normalized spacial score (nSPS) is 12.7. The molecule has 24 nitrogen and oxygen atoms in total. The number of ether oxygens (including phenoxy) is 1. The number of nitrogens with one attached hydrogen (secondary N) is 5. The van der Waals surface area contributed by atoms with Gasteiger partial charge in [0.2, 0.25) is 11.8 Å². The average molecular weight is 1990 g/mol. The molecule has 2 aliphatic carbocycles. The van der Waals surface area contributed by atoms with Crippen LogP contribution in [0.15, 0.2) is 265 Å². The summed E-state index contributed by atoms with van der Waals surface area (Å²) in [4.78, 5) is 89.9. The second-order valence-corrected chi connectivity index (χ2v) is 38.2. The van der Waals surface area contributed by atoms with E-state index in [1.165, 1.54) is 43.7 Å². The summed E-state index contributed by atoms with van der Waals surface area (Å²) in [7, 11) is 1.52. The van der Waals surface area contributed by atoms with E-state index < -0.39 is 34.9 Å². The highest BCUT2D eigenvalue weighted by Gasteiger charge is 2.34. The van der Waals surface area contributed by atoms with Crippen LogP contribution in [-0.2, 0) is 57.2 Å². The van der Waals surface area contributed by atoms with Gasteiger partial charge in [-0.25, -0.2) is 26.3 Å². The van der Waals surface area contributed by atoms with Crippen molar-refractivity contribution in [1.82, 2.24) is 75.0 Å². The summed E-state index contributed by atoms with van der Waals surface area (Å²) in [5.74, 6) is -4.37. The highest BCUT2D eigenvalue weighted by molar-refractivity contribution is 6.13. The topological polar surface area (TPSA) is 287 Å². The van der Waals surface area contributed by atoms with E-state index in [4.69, 9.17) is 14.0 Å². The van der Waals surface area contributed by atoms with E-state index in [1.54, 1.807) is 56.3 Å². The molecule has 19 rings (SSSR count). The number of benzene rings is 8. The number of rotatable bonds is 32. The van der Waals surface area contributed by atoms with Crippen molar-refractivity contribution >= 4 is 79.4 Å². The van der Waals surface area contributed by atoms with Crippen molar-refractivity contribution < 1.29 is 64.3 Å². The molecule has 756 valence electrons. The quantitative estimate of drug-likeness (QED) is 0.0149. The maximum Gasteiger partial charge on any atom is 0.254 e. The van der Waals surface area contributed by atoms with Gasteiger partial charge in [0.25, 0.3) is 29.5 Å². The summed E-state index contributed by atoms with van der Waals surface area (Å²) in [5.41, 5.74) is 17.9. The lowest BCUT2D eigenvalue weighted by Gasteiger charge is -2.17. The lowest BCUT2D eigenvalue weighted by molar-refractivity contribution is 0.0941. The van der Waals surface area contributed by atoms with Crippen LogP contribution in [0.2, 0.25) is 0 Å². The van der Waals surface area contributed by atoms with Crippen LogP contribution in [0.5, 0.6) is 5.75 Å². The molecule has 0 atom stereocenters. The molecule has 0 aliphatic heterocycles. The van der Waals surface area contributed by atoms with Crippen molar-refractivity contribution in [2.45, 2.75) is 196 Å². The molecule has 2 saturated carbocycles. The van der Waals surface area contributed by atoms with Crippen molar-refractivity contribution in [3.63, 3.8) is 0 Å². The number of hydrogen-bond donors (Lipinski definition) is 5. The molecule has 147 heavy (non-hydrogen) atoms. The fourth-order valence-corrected chi connectivity index (χ4v) is 19.3. The van der Waals surface area contributed by atoms with Crippen LogP contribution >= 0.6 is 0 Å².